The van der Waals surface area contributed by atoms with Gasteiger partial charge in [-0.15, -0.1) is 12.4 Å². The lowest BCUT2D eigenvalue weighted by molar-refractivity contribution is 0.402. The quantitative estimate of drug-likeness (QED) is 0.636. The largest absolute Gasteiger partial charge is 0.340 e. The van der Waals surface area contributed by atoms with Gasteiger partial charge in [0.2, 0.25) is 0 Å². The maximum atomic E-state index is 6.42. The first kappa shape index (κ1) is 18.8. The third-order valence-electron chi connectivity index (χ3n) is 3.63. The van der Waals surface area contributed by atoms with Crippen molar-refractivity contribution in [3.8, 4) is 0 Å². The minimum Gasteiger partial charge on any atom is -0.340 e. The van der Waals surface area contributed by atoms with Crippen LogP contribution >= 0.6 is 47.4 Å². The molecule has 0 aromatic heterocycles. The molecule has 6 heteroatoms. The van der Waals surface area contributed by atoms with Gasteiger partial charge in [-0.1, -0.05) is 47.1 Å². The van der Waals surface area contributed by atoms with E-state index in [0.717, 1.165) is 35.1 Å². The van der Waals surface area contributed by atoms with Crippen LogP contribution in [0.15, 0.2) is 46.2 Å². The number of benzene rings is 2. The Labute approximate surface area is 158 Å². The Hall–Kier alpha value is -0.580. The summed E-state index contributed by atoms with van der Waals surface area (Å²) in [6.07, 6.45) is 1.08. The van der Waals surface area contributed by atoms with E-state index in [9.17, 15) is 0 Å². The highest BCUT2D eigenvalue weighted by Gasteiger charge is 2.25. The van der Waals surface area contributed by atoms with Gasteiger partial charge in [-0.3, -0.25) is 0 Å². The first-order chi connectivity index (χ1) is 10.6. The van der Waals surface area contributed by atoms with Crippen LogP contribution in [0.5, 0.6) is 0 Å². The van der Waals surface area contributed by atoms with Crippen molar-refractivity contribution in [1.29, 1.82) is 0 Å². The minimum atomic E-state index is 0. The number of para-hydroxylation sites is 1. The van der Waals surface area contributed by atoms with E-state index in [1.165, 1.54) is 10.6 Å². The van der Waals surface area contributed by atoms with Crippen molar-refractivity contribution in [3.05, 3.63) is 46.4 Å². The molecule has 3 rings (SSSR count). The number of rotatable bonds is 4. The lowest BCUT2D eigenvalue weighted by Gasteiger charge is -2.33. The highest BCUT2D eigenvalue weighted by atomic mass is 35.5. The van der Waals surface area contributed by atoms with Crippen LogP contribution in [0.4, 0.5) is 11.4 Å². The van der Waals surface area contributed by atoms with Crippen LogP contribution in [0.2, 0.25) is 10.0 Å². The molecule has 0 aliphatic carbocycles. The van der Waals surface area contributed by atoms with Crippen LogP contribution < -0.4 is 4.90 Å². The smallest absolute Gasteiger partial charge is 0.0583 e. The Balaban J connectivity index is 0.00000192. The summed E-state index contributed by atoms with van der Waals surface area (Å²) in [4.78, 5) is 6.87. The van der Waals surface area contributed by atoms with Crippen LogP contribution in [0.3, 0.4) is 0 Å². The van der Waals surface area contributed by atoms with Crippen LogP contribution in [0, 0.1) is 0 Å². The summed E-state index contributed by atoms with van der Waals surface area (Å²) in [6, 6.07) is 12.3. The van der Waals surface area contributed by atoms with Gasteiger partial charge in [0.25, 0.3) is 0 Å². The summed E-state index contributed by atoms with van der Waals surface area (Å²) < 4.78 is 0. The molecule has 0 bridgehead atoms. The van der Waals surface area contributed by atoms with Gasteiger partial charge >= 0.3 is 0 Å². The molecule has 0 saturated carbocycles. The van der Waals surface area contributed by atoms with Crippen molar-refractivity contribution >= 4 is 58.7 Å². The summed E-state index contributed by atoms with van der Waals surface area (Å²) in [5, 5.41) is 1.40. The molecule has 0 unspecified atom stereocenters. The van der Waals surface area contributed by atoms with E-state index >= 15 is 0 Å². The summed E-state index contributed by atoms with van der Waals surface area (Å²) in [7, 11) is 4.20. The number of fused-ring (bicyclic) bond motifs is 2. The van der Waals surface area contributed by atoms with Crippen molar-refractivity contribution < 1.29 is 0 Å². The van der Waals surface area contributed by atoms with E-state index < -0.39 is 0 Å². The molecule has 0 atom stereocenters. The lowest BCUT2D eigenvalue weighted by atomic mass is 10.2. The van der Waals surface area contributed by atoms with Crippen molar-refractivity contribution in [1.82, 2.24) is 4.90 Å². The zero-order valence-corrected chi connectivity index (χ0v) is 16.2. The van der Waals surface area contributed by atoms with Crippen molar-refractivity contribution in [2.24, 2.45) is 0 Å². The predicted octanol–water partition coefficient (Wildman–Crippen LogP) is 5.97. The van der Waals surface area contributed by atoms with Gasteiger partial charge in [-0.2, -0.15) is 0 Å². The second-order valence-electron chi connectivity index (χ2n) is 5.61. The second kappa shape index (κ2) is 8.00. The Kier molecular flexibility index (Phi) is 6.52. The SMILES string of the molecule is CN(C)CCCN1c2ccccc2Sc2c(Cl)cc(Cl)cc21.Cl. The first-order valence-electron chi connectivity index (χ1n) is 7.24. The molecule has 1 aliphatic rings. The molecule has 2 aromatic carbocycles. The van der Waals surface area contributed by atoms with Gasteiger partial charge in [0, 0.05) is 16.5 Å². The maximum Gasteiger partial charge on any atom is 0.0583 e. The van der Waals surface area contributed by atoms with Gasteiger partial charge < -0.3 is 9.80 Å². The third kappa shape index (κ3) is 4.09. The Morgan fingerprint density at radius 2 is 1.83 bits per heavy atom. The zero-order valence-electron chi connectivity index (χ0n) is 13.1. The van der Waals surface area contributed by atoms with E-state index in [2.05, 4.69) is 48.2 Å². The number of halogens is 3. The molecule has 2 nitrogen and oxygen atoms in total. The summed E-state index contributed by atoms with van der Waals surface area (Å²) in [6.45, 7) is 1.99. The second-order valence-corrected chi connectivity index (χ2v) is 7.51. The monoisotopic (exact) mass is 388 g/mol. The van der Waals surface area contributed by atoms with Crippen LogP contribution in [-0.4, -0.2) is 32.1 Å². The van der Waals surface area contributed by atoms with Gasteiger partial charge in [-0.25, -0.2) is 0 Å². The molecule has 124 valence electrons. The molecule has 23 heavy (non-hydrogen) atoms. The molecule has 2 aromatic rings. The van der Waals surface area contributed by atoms with E-state index in [0.29, 0.717) is 5.02 Å². The van der Waals surface area contributed by atoms with E-state index in [4.69, 9.17) is 23.2 Å². The number of anilines is 2. The highest BCUT2D eigenvalue weighted by Crippen LogP contribution is 2.51. The summed E-state index contributed by atoms with van der Waals surface area (Å²) >= 11 is 14.4. The van der Waals surface area contributed by atoms with Gasteiger partial charge in [0.05, 0.1) is 21.3 Å². The number of hydrogen-bond acceptors (Lipinski definition) is 3. The average Bonchev–Trinajstić information content (AvgIpc) is 2.47. The summed E-state index contributed by atoms with van der Waals surface area (Å²) in [5.74, 6) is 0. The van der Waals surface area contributed by atoms with Crippen molar-refractivity contribution in [2.45, 2.75) is 16.2 Å². The predicted molar refractivity (Wildman–Crippen MR) is 104 cm³/mol. The van der Waals surface area contributed by atoms with Crippen LogP contribution in [-0.2, 0) is 0 Å². The van der Waals surface area contributed by atoms with Crippen LogP contribution in [0.1, 0.15) is 6.42 Å². The molecule has 0 spiro atoms. The molecule has 0 saturated heterocycles. The number of nitrogens with zero attached hydrogens (tertiary/aromatic N) is 2. The minimum absolute atomic E-state index is 0. The van der Waals surface area contributed by atoms with Crippen LogP contribution in [0.25, 0.3) is 0 Å². The average molecular weight is 390 g/mol. The van der Waals surface area contributed by atoms with Crippen molar-refractivity contribution in [2.75, 3.05) is 32.1 Å². The molecule has 0 fully saturated rings. The van der Waals surface area contributed by atoms with Gasteiger partial charge in [-0.05, 0) is 51.3 Å². The van der Waals surface area contributed by atoms with E-state index in [1.807, 2.05) is 12.1 Å². The van der Waals surface area contributed by atoms with Gasteiger partial charge in [0.1, 0.15) is 0 Å². The molecular formula is C17H19Cl3N2S. The third-order valence-corrected chi connectivity index (χ3v) is 5.46. The zero-order chi connectivity index (χ0) is 15.7. The molecule has 1 aliphatic heterocycles. The fourth-order valence-electron chi connectivity index (χ4n) is 2.64. The lowest BCUT2D eigenvalue weighted by Crippen LogP contribution is -2.25. The maximum absolute atomic E-state index is 6.42. The Morgan fingerprint density at radius 3 is 2.57 bits per heavy atom. The van der Waals surface area contributed by atoms with E-state index in [-0.39, 0.29) is 12.4 Å². The fraction of sp³-hybridized carbons (Fsp3) is 0.294. The molecule has 0 amide bonds. The van der Waals surface area contributed by atoms with Crippen molar-refractivity contribution in [3.63, 3.8) is 0 Å². The van der Waals surface area contributed by atoms with Gasteiger partial charge in [0.15, 0.2) is 0 Å². The fourth-order valence-corrected chi connectivity index (χ4v) is 4.32. The molecule has 0 radical (unpaired) electrons. The van der Waals surface area contributed by atoms with E-state index in [1.54, 1.807) is 11.8 Å². The number of hydrogen-bond donors (Lipinski definition) is 0. The molecule has 0 N–H and O–H groups in total. The first-order valence-corrected chi connectivity index (χ1v) is 8.81. The standard InChI is InChI=1S/C17H18Cl2N2S.ClH/c1-20(2)8-5-9-21-14-6-3-4-7-16(14)22-17-13(19)10-12(18)11-15(17)21;/h3-4,6-7,10-11H,5,8-9H2,1-2H3;1H. The Morgan fingerprint density at radius 1 is 1.09 bits per heavy atom. The molecule has 1 heterocycles. The molecular weight excluding hydrogens is 371 g/mol. The highest BCUT2D eigenvalue weighted by molar-refractivity contribution is 7.99. The normalized spacial score (nSPS) is 12.7. The topological polar surface area (TPSA) is 6.48 Å². The Bertz CT molecular complexity index is 692. The summed E-state index contributed by atoms with van der Waals surface area (Å²) in [5.41, 5.74) is 2.34.